The van der Waals surface area contributed by atoms with Gasteiger partial charge in [-0.2, -0.15) is 5.26 Å². The van der Waals surface area contributed by atoms with Gasteiger partial charge in [0.15, 0.2) is 0 Å². The van der Waals surface area contributed by atoms with E-state index >= 15 is 0 Å². The predicted molar refractivity (Wildman–Crippen MR) is 57.1 cm³/mol. The molecule has 1 amide bonds. The van der Waals surface area contributed by atoms with Crippen molar-refractivity contribution in [2.24, 2.45) is 0 Å². The molecule has 0 aromatic carbocycles. The van der Waals surface area contributed by atoms with E-state index in [0.29, 0.717) is 25.6 Å². The van der Waals surface area contributed by atoms with E-state index in [4.69, 9.17) is 5.26 Å². The Balaban J connectivity index is 2.16. The lowest BCUT2D eigenvalue weighted by molar-refractivity contribution is -0.122. The maximum Gasteiger partial charge on any atom is 0.234 e. The second kappa shape index (κ2) is 6.38. The average Bonchev–Trinajstić information content (AvgIpc) is 2.18. The van der Waals surface area contributed by atoms with E-state index < -0.39 is 0 Å². The Hall–Kier alpha value is -1.12. The fourth-order valence-corrected chi connectivity index (χ4v) is 1.67. The third-order valence-corrected chi connectivity index (χ3v) is 2.38. The van der Waals surface area contributed by atoms with E-state index in [-0.39, 0.29) is 5.91 Å². The van der Waals surface area contributed by atoms with Crippen molar-refractivity contribution in [3.05, 3.63) is 0 Å². The molecule has 1 saturated heterocycles. The molecule has 5 nitrogen and oxygen atoms in total. The van der Waals surface area contributed by atoms with Gasteiger partial charge in [0.2, 0.25) is 5.91 Å². The van der Waals surface area contributed by atoms with Crippen molar-refractivity contribution >= 4 is 5.91 Å². The summed E-state index contributed by atoms with van der Waals surface area (Å²) in [4.78, 5) is 13.5. The molecule has 1 rings (SSSR count). The summed E-state index contributed by atoms with van der Waals surface area (Å²) < 4.78 is 0. The van der Waals surface area contributed by atoms with Crippen LogP contribution < -0.4 is 10.6 Å². The van der Waals surface area contributed by atoms with E-state index in [9.17, 15) is 4.79 Å². The number of carbonyl (C=O) groups excluding carboxylic acids is 1. The molecule has 1 heterocycles. The number of nitriles is 1. The third kappa shape index (κ3) is 4.77. The highest BCUT2D eigenvalue weighted by molar-refractivity contribution is 5.78. The predicted octanol–water partition coefficient (Wildman–Crippen LogP) is -0.690. The minimum absolute atomic E-state index is 0.0133. The van der Waals surface area contributed by atoms with Gasteiger partial charge in [-0.05, 0) is 6.92 Å². The van der Waals surface area contributed by atoms with Crippen molar-refractivity contribution < 1.29 is 4.79 Å². The Morgan fingerprint density at radius 3 is 3.20 bits per heavy atom. The molecule has 0 aliphatic carbocycles. The maximum atomic E-state index is 11.4. The highest BCUT2D eigenvalue weighted by Gasteiger charge is 2.17. The van der Waals surface area contributed by atoms with Crippen molar-refractivity contribution in [2.75, 3.05) is 32.7 Å². The summed E-state index contributed by atoms with van der Waals surface area (Å²) in [6, 6.07) is 2.45. The van der Waals surface area contributed by atoms with Crippen molar-refractivity contribution in [3.63, 3.8) is 0 Å². The molecule has 1 aliphatic rings. The van der Waals surface area contributed by atoms with Crippen LogP contribution in [0.4, 0.5) is 0 Å². The number of nitrogens with one attached hydrogen (secondary N) is 2. The van der Waals surface area contributed by atoms with Gasteiger partial charge in [0.1, 0.15) is 0 Å². The lowest BCUT2D eigenvalue weighted by Gasteiger charge is -2.31. The number of carbonyl (C=O) groups is 1. The Morgan fingerprint density at radius 1 is 1.73 bits per heavy atom. The zero-order valence-electron chi connectivity index (χ0n) is 9.12. The Kier molecular flexibility index (Phi) is 5.08. The topological polar surface area (TPSA) is 68.2 Å². The van der Waals surface area contributed by atoms with Crippen LogP contribution in [0.1, 0.15) is 13.3 Å². The van der Waals surface area contributed by atoms with E-state index in [0.717, 1.165) is 19.6 Å². The molecule has 0 aromatic heterocycles. The van der Waals surface area contributed by atoms with Gasteiger partial charge >= 0.3 is 0 Å². The summed E-state index contributed by atoms with van der Waals surface area (Å²) in [5, 5.41) is 14.4. The van der Waals surface area contributed by atoms with Crippen LogP contribution in [0.3, 0.4) is 0 Å². The van der Waals surface area contributed by atoms with Gasteiger partial charge in [0, 0.05) is 32.2 Å². The molecule has 84 valence electrons. The van der Waals surface area contributed by atoms with Crippen LogP contribution in [-0.4, -0.2) is 49.6 Å². The van der Waals surface area contributed by atoms with Gasteiger partial charge in [-0.3, -0.25) is 9.69 Å². The molecule has 1 aliphatic heterocycles. The van der Waals surface area contributed by atoms with E-state index in [1.165, 1.54) is 0 Å². The number of hydrogen-bond acceptors (Lipinski definition) is 4. The molecule has 15 heavy (non-hydrogen) atoms. The van der Waals surface area contributed by atoms with Crippen LogP contribution in [0.25, 0.3) is 0 Å². The first-order chi connectivity index (χ1) is 7.22. The zero-order valence-corrected chi connectivity index (χ0v) is 9.12. The molecule has 2 N–H and O–H groups in total. The molecular formula is C10H18N4O. The standard InChI is InChI=1S/C10H18N4O/c1-9-7-14(6-5-12-9)8-10(15)13-4-2-3-11/h9,12H,2,4-8H2,1H3,(H,13,15). The lowest BCUT2D eigenvalue weighted by atomic mass is 10.2. The summed E-state index contributed by atoms with van der Waals surface area (Å²) in [7, 11) is 0. The molecule has 1 atom stereocenters. The largest absolute Gasteiger partial charge is 0.354 e. The van der Waals surface area contributed by atoms with Gasteiger partial charge < -0.3 is 10.6 Å². The van der Waals surface area contributed by atoms with Crippen molar-refractivity contribution in [3.8, 4) is 6.07 Å². The quantitative estimate of drug-likeness (QED) is 0.603. The fourth-order valence-electron chi connectivity index (χ4n) is 1.67. The van der Waals surface area contributed by atoms with E-state index in [2.05, 4.69) is 22.5 Å². The lowest BCUT2D eigenvalue weighted by Crippen LogP contribution is -2.51. The van der Waals surface area contributed by atoms with Gasteiger partial charge in [-0.15, -0.1) is 0 Å². The van der Waals surface area contributed by atoms with Crippen LogP contribution in [0.15, 0.2) is 0 Å². The first-order valence-electron chi connectivity index (χ1n) is 5.31. The zero-order chi connectivity index (χ0) is 11.1. The van der Waals surface area contributed by atoms with Crippen LogP contribution in [-0.2, 0) is 4.79 Å². The van der Waals surface area contributed by atoms with Crippen LogP contribution in [0.5, 0.6) is 0 Å². The number of hydrogen-bond donors (Lipinski definition) is 2. The Bertz CT molecular complexity index is 248. The highest BCUT2D eigenvalue weighted by atomic mass is 16.2. The smallest absolute Gasteiger partial charge is 0.234 e. The van der Waals surface area contributed by atoms with Gasteiger partial charge in [0.25, 0.3) is 0 Å². The third-order valence-electron chi connectivity index (χ3n) is 2.38. The first-order valence-corrected chi connectivity index (χ1v) is 5.31. The van der Waals surface area contributed by atoms with Crippen LogP contribution in [0.2, 0.25) is 0 Å². The van der Waals surface area contributed by atoms with Crippen molar-refractivity contribution in [1.29, 1.82) is 5.26 Å². The van der Waals surface area contributed by atoms with Crippen LogP contribution >= 0.6 is 0 Å². The summed E-state index contributed by atoms with van der Waals surface area (Å²) in [6.45, 7) is 5.77. The molecule has 1 fully saturated rings. The van der Waals surface area contributed by atoms with Gasteiger partial charge in [-0.1, -0.05) is 0 Å². The second-order valence-corrected chi connectivity index (χ2v) is 3.85. The fraction of sp³-hybridized carbons (Fsp3) is 0.800. The first kappa shape index (κ1) is 12.0. The second-order valence-electron chi connectivity index (χ2n) is 3.85. The monoisotopic (exact) mass is 210 g/mol. The molecule has 0 spiro atoms. The number of amides is 1. The normalized spacial score (nSPS) is 22.0. The van der Waals surface area contributed by atoms with Gasteiger partial charge in [-0.25, -0.2) is 0 Å². The Labute approximate surface area is 90.4 Å². The van der Waals surface area contributed by atoms with Crippen LogP contribution in [0, 0.1) is 11.3 Å². The molecule has 1 unspecified atom stereocenters. The molecule has 0 radical (unpaired) electrons. The summed E-state index contributed by atoms with van der Waals surface area (Å²) >= 11 is 0. The molecule has 0 saturated carbocycles. The Morgan fingerprint density at radius 2 is 2.53 bits per heavy atom. The van der Waals surface area contributed by atoms with E-state index in [1.54, 1.807) is 0 Å². The average molecular weight is 210 g/mol. The summed E-state index contributed by atoms with van der Waals surface area (Å²) in [5.74, 6) is 0.0133. The number of piperazine rings is 1. The van der Waals surface area contributed by atoms with E-state index in [1.807, 2.05) is 6.07 Å². The highest BCUT2D eigenvalue weighted by Crippen LogP contribution is 1.97. The molecule has 0 aromatic rings. The molecule has 5 heteroatoms. The van der Waals surface area contributed by atoms with Gasteiger partial charge in [0.05, 0.1) is 19.0 Å². The minimum atomic E-state index is 0.0133. The minimum Gasteiger partial charge on any atom is -0.354 e. The number of nitrogens with zero attached hydrogens (tertiary/aromatic N) is 2. The SMILES string of the molecule is CC1CN(CC(=O)NCCC#N)CCN1. The van der Waals surface area contributed by atoms with Crippen molar-refractivity contribution in [1.82, 2.24) is 15.5 Å². The summed E-state index contributed by atoms with van der Waals surface area (Å²) in [6.07, 6.45) is 0.379. The molecule has 0 bridgehead atoms. The maximum absolute atomic E-state index is 11.4. The summed E-state index contributed by atoms with van der Waals surface area (Å²) in [5.41, 5.74) is 0. The number of rotatable bonds is 4. The molecular weight excluding hydrogens is 192 g/mol. The van der Waals surface area contributed by atoms with Crippen molar-refractivity contribution in [2.45, 2.75) is 19.4 Å².